The quantitative estimate of drug-likeness (QED) is 0.802. The molecular formula is C13H20N2O2S. The van der Waals surface area contributed by atoms with E-state index in [0.29, 0.717) is 6.61 Å². The van der Waals surface area contributed by atoms with Crippen molar-refractivity contribution in [2.45, 2.75) is 32.5 Å². The van der Waals surface area contributed by atoms with Crippen LogP contribution in [0, 0.1) is 0 Å². The van der Waals surface area contributed by atoms with E-state index in [1.54, 1.807) is 11.3 Å². The lowest BCUT2D eigenvalue weighted by molar-refractivity contribution is -0.130. The Balaban J connectivity index is 1.97. The fourth-order valence-electron chi connectivity index (χ4n) is 2.18. The number of carbonyl (C=O) groups is 1. The van der Waals surface area contributed by atoms with Crippen molar-refractivity contribution in [3.63, 3.8) is 0 Å². The Labute approximate surface area is 112 Å². The molecule has 5 heteroatoms. The van der Waals surface area contributed by atoms with Gasteiger partial charge in [0.2, 0.25) is 5.91 Å². The highest BCUT2D eigenvalue weighted by molar-refractivity contribution is 7.10. The number of amides is 1. The first-order valence-electron chi connectivity index (χ1n) is 6.41. The van der Waals surface area contributed by atoms with Gasteiger partial charge in [0, 0.05) is 24.6 Å². The summed E-state index contributed by atoms with van der Waals surface area (Å²) in [6.45, 7) is 6.10. The van der Waals surface area contributed by atoms with E-state index in [0.717, 1.165) is 19.6 Å². The van der Waals surface area contributed by atoms with E-state index in [-0.39, 0.29) is 18.1 Å². The molecule has 4 nitrogen and oxygen atoms in total. The van der Waals surface area contributed by atoms with Crippen molar-refractivity contribution in [3.05, 3.63) is 22.4 Å². The lowest BCUT2D eigenvalue weighted by Crippen LogP contribution is -2.31. The lowest BCUT2D eigenvalue weighted by Gasteiger charge is -2.23. The Kier molecular flexibility index (Phi) is 4.74. The minimum absolute atomic E-state index is 0.0362. The third kappa shape index (κ3) is 2.91. The molecule has 1 amide bonds. The van der Waals surface area contributed by atoms with Gasteiger partial charge in [0.15, 0.2) is 0 Å². The topological polar surface area (TPSA) is 41.6 Å². The summed E-state index contributed by atoms with van der Waals surface area (Å²) in [5.74, 6) is 0.185. The molecule has 18 heavy (non-hydrogen) atoms. The van der Waals surface area contributed by atoms with Crippen LogP contribution in [0.3, 0.4) is 0 Å². The van der Waals surface area contributed by atoms with E-state index < -0.39 is 0 Å². The monoisotopic (exact) mass is 268 g/mol. The van der Waals surface area contributed by atoms with Crippen LogP contribution in [0.25, 0.3) is 0 Å². The minimum Gasteiger partial charge on any atom is -0.382 e. The van der Waals surface area contributed by atoms with E-state index in [1.807, 2.05) is 30.2 Å². The third-order valence-electron chi connectivity index (χ3n) is 3.08. The van der Waals surface area contributed by atoms with Crippen molar-refractivity contribution in [2.24, 2.45) is 0 Å². The number of thiophene rings is 1. The van der Waals surface area contributed by atoms with Crippen LogP contribution in [0.1, 0.15) is 31.3 Å². The maximum absolute atomic E-state index is 12.1. The predicted octanol–water partition coefficient (Wildman–Crippen LogP) is 1.99. The average molecular weight is 268 g/mol. The van der Waals surface area contributed by atoms with Gasteiger partial charge < -0.3 is 9.64 Å². The molecule has 0 bridgehead atoms. The van der Waals surface area contributed by atoms with Crippen molar-refractivity contribution in [1.82, 2.24) is 10.2 Å². The number of hydrogen-bond acceptors (Lipinski definition) is 4. The molecule has 2 unspecified atom stereocenters. The van der Waals surface area contributed by atoms with Gasteiger partial charge in [-0.15, -0.1) is 11.3 Å². The zero-order chi connectivity index (χ0) is 13.0. The highest BCUT2D eigenvalue weighted by Crippen LogP contribution is 2.28. The standard InChI is InChI=1S/C13H20N2O2S/c1-3-17-8-5-7-15-12(11-6-4-9-18-11)14-10(2)13(15)16/h4,6,9-10,12,14H,3,5,7-8H2,1-2H3. The molecule has 1 N–H and O–H groups in total. The Morgan fingerprint density at radius 1 is 1.56 bits per heavy atom. The van der Waals surface area contributed by atoms with Crippen LogP contribution in [0.5, 0.6) is 0 Å². The molecule has 1 aromatic heterocycles. The van der Waals surface area contributed by atoms with Gasteiger partial charge in [0.05, 0.1) is 6.04 Å². The molecule has 0 spiro atoms. The zero-order valence-corrected chi connectivity index (χ0v) is 11.7. The first-order chi connectivity index (χ1) is 8.74. The van der Waals surface area contributed by atoms with Gasteiger partial charge in [-0.25, -0.2) is 0 Å². The van der Waals surface area contributed by atoms with E-state index in [1.165, 1.54) is 4.88 Å². The molecule has 2 rings (SSSR count). The minimum atomic E-state index is -0.0933. The summed E-state index contributed by atoms with van der Waals surface area (Å²) in [7, 11) is 0. The fraction of sp³-hybridized carbons (Fsp3) is 0.615. The van der Waals surface area contributed by atoms with Gasteiger partial charge in [-0.05, 0) is 31.7 Å². The smallest absolute Gasteiger partial charge is 0.241 e. The third-order valence-corrected chi connectivity index (χ3v) is 4.00. The summed E-state index contributed by atoms with van der Waals surface area (Å²) in [5.41, 5.74) is 0. The van der Waals surface area contributed by atoms with E-state index in [4.69, 9.17) is 4.74 Å². The molecule has 0 radical (unpaired) electrons. The molecule has 100 valence electrons. The molecule has 1 aliphatic heterocycles. The van der Waals surface area contributed by atoms with Gasteiger partial charge in [-0.1, -0.05) is 6.07 Å². The van der Waals surface area contributed by atoms with E-state index in [2.05, 4.69) is 11.4 Å². The Bertz CT molecular complexity index is 380. The summed E-state index contributed by atoms with van der Waals surface area (Å²) in [4.78, 5) is 15.2. The number of carbonyl (C=O) groups excluding carboxylic acids is 1. The van der Waals surface area contributed by atoms with Gasteiger partial charge in [0.1, 0.15) is 6.17 Å². The van der Waals surface area contributed by atoms with Gasteiger partial charge in [-0.3, -0.25) is 10.1 Å². The van der Waals surface area contributed by atoms with E-state index >= 15 is 0 Å². The highest BCUT2D eigenvalue weighted by atomic mass is 32.1. The Hall–Kier alpha value is -0.910. The van der Waals surface area contributed by atoms with Crippen LogP contribution in [0.2, 0.25) is 0 Å². The highest BCUT2D eigenvalue weighted by Gasteiger charge is 2.36. The number of hydrogen-bond donors (Lipinski definition) is 1. The van der Waals surface area contributed by atoms with Gasteiger partial charge in [0.25, 0.3) is 0 Å². The molecule has 1 saturated heterocycles. The first kappa shape index (κ1) is 13.5. The summed E-state index contributed by atoms with van der Waals surface area (Å²) >= 11 is 1.68. The fourth-order valence-corrected chi connectivity index (χ4v) is 2.97. The number of nitrogens with one attached hydrogen (secondary N) is 1. The second-order valence-electron chi connectivity index (χ2n) is 4.39. The van der Waals surface area contributed by atoms with Gasteiger partial charge in [-0.2, -0.15) is 0 Å². The number of ether oxygens (including phenoxy) is 1. The van der Waals surface area contributed by atoms with Crippen LogP contribution >= 0.6 is 11.3 Å². The molecule has 2 heterocycles. The van der Waals surface area contributed by atoms with Crippen molar-refractivity contribution >= 4 is 17.2 Å². The number of nitrogens with zero attached hydrogens (tertiary/aromatic N) is 1. The zero-order valence-electron chi connectivity index (χ0n) is 10.9. The van der Waals surface area contributed by atoms with Crippen molar-refractivity contribution in [1.29, 1.82) is 0 Å². The van der Waals surface area contributed by atoms with Crippen LogP contribution in [-0.2, 0) is 9.53 Å². The van der Waals surface area contributed by atoms with Crippen LogP contribution in [0.4, 0.5) is 0 Å². The molecular weight excluding hydrogens is 248 g/mol. The molecule has 1 fully saturated rings. The van der Waals surface area contributed by atoms with Crippen molar-refractivity contribution < 1.29 is 9.53 Å². The predicted molar refractivity (Wildman–Crippen MR) is 72.5 cm³/mol. The summed E-state index contributed by atoms with van der Waals surface area (Å²) in [6, 6.07) is 4.00. The summed E-state index contributed by atoms with van der Waals surface area (Å²) in [6.07, 6.45) is 0.921. The second-order valence-corrected chi connectivity index (χ2v) is 5.37. The first-order valence-corrected chi connectivity index (χ1v) is 7.29. The maximum Gasteiger partial charge on any atom is 0.241 e. The Morgan fingerprint density at radius 2 is 2.39 bits per heavy atom. The Morgan fingerprint density at radius 3 is 3.06 bits per heavy atom. The molecule has 0 aromatic carbocycles. The van der Waals surface area contributed by atoms with Crippen molar-refractivity contribution in [3.8, 4) is 0 Å². The lowest BCUT2D eigenvalue weighted by atomic mass is 10.3. The van der Waals surface area contributed by atoms with E-state index in [9.17, 15) is 4.79 Å². The largest absolute Gasteiger partial charge is 0.382 e. The number of rotatable bonds is 6. The molecule has 1 aromatic rings. The molecule has 0 saturated carbocycles. The van der Waals surface area contributed by atoms with Crippen molar-refractivity contribution in [2.75, 3.05) is 19.8 Å². The van der Waals surface area contributed by atoms with Crippen LogP contribution in [-0.4, -0.2) is 36.6 Å². The average Bonchev–Trinajstić information content (AvgIpc) is 2.97. The maximum atomic E-state index is 12.1. The SMILES string of the molecule is CCOCCCN1C(=O)C(C)NC1c1cccs1. The molecule has 0 aliphatic carbocycles. The normalized spacial score (nSPS) is 23.9. The molecule has 2 atom stereocenters. The summed E-state index contributed by atoms with van der Waals surface area (Å²) in [5, 5.41) is 5.39. The molecule has 1 aliphatic rings. The summed E-state index contributed by atoms with van der Waals surface area (Å²) < 4.78 is 5.33. The second kappa shape index (κ2) is 6.31. The van der Waals surface area contributed by atoms with Crippen LogP contribution < -0.4 is 5.32 Å². The van der Waals surface area contributed by atoms with Gasteiger partial charge >= 0.3 is 0 Å². The van der Waals surface area contributed by atoms with Crippen LogP contribution in [0.15, 0.2) is 17.5 Å².